The number of rotatable bonds is 7. The van der Waals surface area contributed by atoms with E-state index < -0.39 is 0 Å². The van der Waals surface area contributed by atoms with Crippen LogP contribution in [0.4, 0.5) is 0 Å². The van der Waals surface area contributed by atoms with Crippen LogP contribution in [-0.4, -0.2) is 28.1 Å². The smallest absolute Gasteiger partial charge is 0.119 e. The van der Waals surface area contributed by atoms with E-state index in [-0.39, 0.29) is 0 Å². The van der Waals surface area contributed by atoms with Gasteiger partial charge in [0.1, 0.15) is 5.75 Å². The molecule has 2 rings (SSSR count). The van der Waals surface area contributed by atoms with Crippen LogP contribution < -0.4 is 10.5 Å². The van der Waals surface area contributed by atoms with Gasteiger partial charge >= 0.3 is 0 Å². The molecule has 19 heavy (non-hydrogen) atoms. The van der Waals surface area contributed by atoms with E-state index >= 15 is 0 Å². The third-order valence-corrected chi connectivity index (χ3v) is 2.87. The normalized spacial score (nSPS) is 10.6. The Hall–Kier alpha value is -1.88. The summed E-state index contributed by atoms with van der Waals surface area (Å²) in [6, 6.07) is 7.88. The molecule has 0 saturated carbocycles. The lowest BCUT2D eigenvalue weighted by Crippen LogP contribution is -2.08. The van der Waals surface area contributed by atoms with Crippen LogP contribution in [0.5, 0.6) is 5.75 Å². The van der Waals surface area contributed by atoms with Crippen LogP contribution in [0.25, 0.3) is 5.69 Å². The Labute approximate surface area is 113 Å². The summed E-state index contributed by atoms with van der Waals surface area (Å²) in [5, 5.41) is 8.01. The van der Waals surface area contributed by atoms with Gasteiger partial charge < -0.3 is 10.5 Å². The molecule has 0 atom stereocenters. The van der Waals surface area contributed by atoms with Crippen molar-refractivity contribution in [1.29, 1.82) is 0 Å². The molecule has 0 saturated heterocycles. The van der Waals surface area contributed by atoms with E-state index in [2.05, 4.69) is 17.2 Å². The van der Waals surface area contributed by atoms with E-state index in [9.17, 15) is 0 Å². The van der Waals surface area contributed by atoms with Gasteiger partial charge in [0, 0.05) is 6.42 Å². The van der Waals surface area contributed by atoms with Crippen LogP contribution >= 0.6 is 0 Å². The molecule has 0 bridgehead atoms. The van der Waals surface area contributed by atoms with E-state index in [1.54, 1.807) is 6.20 Å². The van der Waals surface area contributed by atoms with E-state index in [4.69, 9.17) is 10.5 Å². The number of nitrogens with zero attached hydrogens (tertiary/aromatic N) is 3. The summed E-state index contributed by atoms with van der Waals surface area (Å²) in [6.45, 7) is 3.50. The van der Waals surface area contributed by atoms with Gasteiger partial charge in [0.25, 0.3) is 0 Å². The van der Waals surface area contributed by atoms with Gasteiger partial charge in [-0.05, 0) is 37.2 Å². The van der Waals surface area contributed by atoms with Crippen molar-refractivity contribution < 1.29 is 4.74 Å². The zero-order valence-electron chi connectivity index (χ0n) is 11.2. The molecule has 0 aliphatic carbocycles. The van der Waals surface area contributed by atoms with Gasteiger partial charge in [0.2, 0.25) is 0 Å². The Kier molecular flexibility index (Phi) is 4.92. The van der Waals surface area contributed by atoms with Crippen LogP contribution in [0, 0.1) is 0 Å². The monoisotopic (exact) mass is 260 g/mol. The lowest BCUT2D eigenvalue weighted by molar-refractivity contribution is 0.309. The summed E-state index contributed by atoms with van der Waals surface area (Å²) >= 11 is 0. The number of nitrogens with two attached hydrogens (primary N) is 1. The Morgan fingerprint density at radius 1 is 1.26 bits per heavy atom. The topological polar surface area (TPSA) is 66.0 Å². The Morgan fingerprint density at radius 2 is 2.05 bits per heavy atom. The lowest BCUT2D eigenvalue weighted by Gasteiger charge is -2.08. The van der Waals surface area contributed by atoms with E-state index in [0.29, 0.717) is 6.54 Å². The third kappa shape index (κ3) is 3.54. The number of unbranched alkanes of at least 4 members (excludes halogenated alkanes) is 1. The van der Waals surface area contributed by atoms with Gasteiger partial charge in [-0.1, -0.05) is 18.6 Å². The average molecular weight is 260 g/mol. The van der Waals surface area contributed by atoms with Crippen LogP contribution in [0.2, 0.25) is 0 Å². The zero-order valence-corrected chi connectivity index (χ0v) is 11.2. The first-order valence-corrected chi connectivity index (χ1v) is 6.68. The quantitative estimate of drug-likeness (QED) is 0.773. The van der Waals surface area contributed by atoms with Crippen molar-refractivity contribution in [1.82, 2.24) is 15.0 Å². The highest BCUT2D eigenvalue weighted by molar-refractivity contribution is 5.37. The fourth-order valence-corrected chi connectivity index (χ4v) is 1.81. The predicted molar refractivity (Wildman–Crippen MR) is 74.5 cm³/mol. The molecule has 2 aromatic rings. The fraction of sp³-hybridized carbons (Fsp3) is 0.429. The maximum Gasteiger partial charge on any atom is 0.119 e. The second kappa shape index (κ2) is 6.89. The molecule has 0 aliphatic rings. The SMILES string of the molecule is CCCCOc1ccc(-n2nncc2CCN)cc1. The van der Waals surface area contributed by atoms with Crippen LogP contribution in [0.15, 0.2) is 30.5 Å². The second-order valence-electron chi connectivity index (χ2n) is 4.37. The average Bonchev–Trinajstić information content (AvgIpc) is 2.89. The highest BCUT2D eigenvalue weighted by Crippen LogP contribution is 2.16. The molecular formula is C14H20N4O. The third-order valence-electron chi connectivity index (χ3n) is 2.87. The Morgan fingerprint density at radius 3 is 2.74 bits per heavy atom. The zero-order chi connectivity index (χ0) is 13.5. The molecule has 0 aliphatic heterocycles. The highest BCUT2D eigenvalue weighted by atomic mass is 16.5. The van der Waals surface area contributed by atoms with Gasteiger partial charge in [-0.25, -0.2) is 4.68 Å². The molecular weight excluding hydrogens is 240 g/mol. The minimum atomic E-state index is 0.589. The van der Waals surface area contributed by atoms with Crippen molar-refractivity contribution in [2.24, 2.45) is 5.73 Å². The molecule has 0 amide bonds. The summed E-state index contributed by atoms with van der Waals surface area (Å²) in [6.07, 6.45) is 4.73. The largest absolute Gasteiger partial charge is 0.494 e. The van der Waals surface area contributed by atoms with Crippen molar-refractivity contribution >= 4 is 0 Å². The Balaban J connectivity index is 2.07. The maximum absolute atomic E-state index is 5.63. The molecule has 102 valence electrons. The lowest BCUT2D eigenvalue weighted by atomic mass is 10.2. The predicted octanol–water partition coefficient (Wildman–Crippen LogP) is 1.95. The Bertz CT molecular complexity index is 492. The maximum atomic E-state index is 5.63. The second-order valence-corrected chi connectivity index (χ2v) is 4.37. The van der Waals surface area contributed by atoms with E-state index in [0.717, 1.165) is 43.0 Å². The first kappa shape index (κ1) is 13.5. The van der Waals surface area contributed by atoms with Crippen LogP contribution in [-0.2, 0) is 6.42 Å². The van der Waals surface area contributed by atoms with Gasteiger partial charge in [-0.2, -0.15) is 0 Å². The van der Waals surface area contributed by atoms with Gasteiger partial charge in [0.15, 0.2) is 0 Å². The number of hydrogen-bond acceptors (Lipinski definition) is 4. The van der Waals surface area contributed by atoms with Crippen molar-refractivity contribution in [3.05, 3.63) is 36.2 Å². The van der Waals surface area contributed by atoms with E-state index in [1.165, 1.54) is 0 Å². The van der Waals surface area contributed by atoms with E-state index in [1.807, 2.05) is 28.9 Å². The van der Waals surface area contributed by atoms with Crippen molar-refractivity contribution in [2.45, 2.75) is 26.2 Å². The van der Waals surface area contributed by atoms with Gasteiger partial charge in [-0.15, -0.1) is 5.10 Å². The van der Waals surface area contributed by atoms with Gasteiger partial charge in [-0.3, -0.25) is 0 Å². The van der Waals surface area contributed by atoms with Crippen molar-refractivity contribution in [3.8, 4) is 11.4 Å². The minimum Gasteiger partial charge on any atom is -0.494 e. The van der Waals surface area contributed by atoms with Crippen LogP contribution in [0.1, 0.15) is 25.5 Å². The number of benzene rings is 1. The summed E-state index contributed by atoms with van der Waals surface area (Å²) in [7, 11) is 0. The molecule has 0 unspecified atom stereocenters. The number of aromatic nitrogens is 3. The molecule has 5 heteroatoms. The first-order valence-electron chi connectivity index (χ1n) is 6.68. The molecule has 1 heterocycles. The molecule has 1 aromatic carbocycles. The molecule has 5 nitrogen and oxygen atoms in total. The van der Waals surface area contributed by atoms with Crippen molar-refractivity contribution in [3.63, 3.8) is 0 Å². The molecule has 1 aromatic heterocycles. The van der Waals surface area contributed by atoms with Crippen molar-refractivity contribution in [2.75, 3.05) is 13.2 Å². The summed E-state index contributed by atoms with van der Waals surface area (Å²) in [4.78, 5) is 0. The summed E-state index contributed by atoms with van der Waals surface area (Å²) in [5.41, 5.74) is 7.56. The number of ether oxygens (including phenoxy) is 1. The summed E-state index contributed by atoms with van der Waals surface area (Å²) in [5.74, 6) is 0.887. The van der Waals surface area contributed by atoms with Crippen LogP contribution in [0.3, 0.4) is 0 Å². The summed E-state index contributed by atoms with van der Waals surface area (Å²) < 4.78 is 7.44. The first-order chi connectivity index (χ1) is 9.35. The fourth-order valence-electron chi connectivity index (χ4n) is 1.81. The highest BCUT2D eigenvalue weighted by Gasteiger charge is 2.05. The minimum absolute atomic E-state index is 0.589. The molecule has 0 radical (unpaired) electrons. The standard InChI is InChI=1S/C14H20N4O/c1-2-3-10-19-14-6-4-12(5-7-14)18-13(8-9-15)11-16-17-18/h4-7,11H,2-3,8-10,15H2,1H3. The molecule has 0 fully saturated rings. The molecule has 0 spiro atoms. The number of hydrogen-bond donors (Lipinski definition) is 1. The van der Waals surface area contributed by atoms with Gasteiger partial charge in [0.05, 0.1) is 24.2 Å². The molecule has 2 N–H and O–H groups in total.